The number of H-pyrrole nitrogens is 1. The number of rotatable bonds is 4. The molecule has 0 aliphatic heterocycles. The molecule has 0 amide bonds. The molecule has 0 radical (unpaired) electrons. The molecular formula is C12H13NO2S. The van der Waals surface area contributed by atoms with Crippen molar-refractivity contribution in [2.45, 2.75) is 11.7 Å². The van der Waals surface area contributed by atoms with E-state index in [0.29, 0.717) is 6.42 Å². The quantitative estimate of drug-likeness (QED) is 0.856. The van der Waals surface area contributed by atoms with E-state index in [9.17, 15) is 4.79 Å². The molecule has 16 heavy (non-hydrogen) atoms. The Balaban J connectivity index is 2.30. The van der Waals surface area contributed by atoms with Crippen LogP contribution in [0.1, 0.15) is 5.56 Å². The molecule has 3 nitrogen and oxygen atoms in total. The summed E-state index contributed by atoms with van der Waals surface area (Å²) in [5.74, 6) is -0.752. The number of para-hydroxylation sites is 1. The zero-order valence-corrected chi connectivity index (χ0v) is 9.75. The van der Waals surface area contributed by atoms with E-state index in [1.165, 1.54) is 11.8 Å². The van der Waals surface area contributed by atoms with Gasteiger partial charge in [0, 0.05) is 17.1 Å². The minimum Gasteiger partial charge on any atom is -0.480 e. The Hall–Kier alpha value is -1.42. The van der Waals surface area contributed by atoms with Gasteiger partial charge in [-0.05, 0) is 24.3 Å². The average Bonchev–Trinajstić information content (AvgIpc) is 2.69. The number of nitrogens with one attached hydrogen (secondary N) is 1. The van der Waals surface area contributed by atoms with Gasteiger partial charge in [-0.2, -0.15) is 0 Å². The van der Waals surface area contributed by atoms with Crippen molar-refractivity contribution in [3.8, 4) is 0 Å². The van der Waals surface area contributed by atoms with Gasteiger partial charge in [0.25, 0.3) is 0 Å². The molecule has 0 unspecified atom stereocenters. The molecule has 2 rings (SSSR count). The number of carbonyl (C=O) groups is 1. The third kappa shape index (κ3) is 2.07. The number of hydrogen-bond acceptors (Lipinski definition) is 2. The third-order valence-electron chi connectivity index (χ3n) is 2.64. The first-order chi connectivity index (χ1) is 7.72. The Morgan fingerprint density at radius 3 is 2.94 bits per heavy atom. The fourth-order valence-electron chi connectivity index (χ4n) is 1.77. The molecule has 1 atom stereocenters. The molecule has 2 aromatic rings. The zero-order valence-electron chi connectivity index (χ0n) is 8.93. The number of benzene rings is 1. The van der Waals surface area contributed by atoms with Crippen molar-refractivity contribution >= 4 is 28.6 Å². The van der Waals surface area contributed by atoms with Gasteiger partial charge in [0.15, 0.2) is 0 Å². The Labute approximate surface area is 97.9 Å². The SMILES string of the molecule is CS[C@@H](Cc1c[nH]c2ccccc12)C(=O)O. The minimum atomic E-state index is -0.752. The summed E-state index contributed by atoms with van der Waals surface area (Å²) >= 11 is 1.37. The van der Waals surface area contributed by atoms with Gasteiger partial charge >= 0.3 is 5.97 Å². The Bertz CT molecular complexity index is 506. The summed E-state index contributed by atoms with van der Waals surface area (Å²) in [7, 11) is 0. The van der Waals surface area contributed by atoms with E-state index in [1.807, 2.05) is 36.7 Å². The fraction of sp³-hybridized carbons (Fsp3) is 0.250. The van der Waals surface area contributed by atoms with Crippen molar-refractivity contribution in [2.24, 2.45) is 0 Å². The molecule has 2 N–H and O–H groups in total. The second-order valence-electron chi connectivity index (χ2n) is 3.63. The highest BCUT2D eigenvalue weighted by Gasteiger charge is 2.17. The van der Waals surface area contributed by atoms with Gasteiger partial charge in [-0.1, -0.05) is 18.2 Å². The summed E-state index contributed by atoms with van der Waals surface area (Å²) in [6.45, 7) is 0. The van der Waals surface area contributed by atoms with Crippen molar-refractivity contribution in [1.29, 1.82) is 0 Å². The number of carboxylic acids is 1. The lowest BCUT2D eigenvalue weighted by molar-refractivity contribution is -0.136. The maximum atomic E-state index is 11.0. The van der Waals surface area contributed by atoms with Gasteiger partial charge in [0.2, 0.25) is 0 Å². The standard InChI is InChI=1S/C12H13NO2S/c1-16-11(12(14)15)6-8-7-13-10-5-3-2-4-9(8)10/h2-5,7,11,13H,6H2,1H3,(H,14,15)/t11-/m0/s1. The topological polar surface area (TPSA) is 53.1 Å². The van der Waals surface area contributed by atoms with Crippen molar-refractivity contribution in [3.05, 3.63) is 36.0 Å². The average molecular weight is 235 g/mol. The molecule has 0 saturated heterocycles. The molecule has 1 aromatic heterocycles. The molecule has 4 heteroatoms. The summed E-state index contributed by atoms with van der Waals surface area (Å²) in [6.07, 6.45) is 4.28. The summed E-state index contributed by atoms with van der Waals surface area (Å²) in [6, 6.07) is 7.94. The number of fused-ring (bicyclic) bond motifs is 1. The predicted molar refractivity (Wildman–Crippen MR) is 66.9 cm³/mol. The van der Waals surface area contributed by atoms with Crippen molar-refractivity contribution in [3.63, 3.8) is 0 Å². The predicted octanol–water partition coefficient (Wildman–Crippen LogP) is 2.53. The smallest absolute Gasteiger partial charge is 0.316 e. The van der Waals surface area contributed by atoms with Gasteiger partial charge < -0.3 is 10.1 Å². The lowest BCUT2D eigenvalue weighted by Crippen LogP contribution is -2.18. The third-order valence-corrected chi connectivity index (χ3v) is 3.58. The summed E-state index contributed by atoms with van der Waals surface area (Å²) in [5, 5.41) is 9.75. The normalized spacial score (nSPS) is 12.8. The van der Waals surface area contributed by atoms with E-state index >= 15 is 0 Å². The van der Waals surface area contributed by atoms with Crippen LogP contribution in [0.5, 0.6) is 0 Å². The maximum absolute atomic E-state index is 11.0. The molecule has 84 valence electrons. The Morgan fingerprint density at radius 1 is 1.50 bits per heavy atom. The molecule has 0 aliphatic rings. The van der Waals surface area contributed by atoms with Crippen LogP contribution in [0, 0.1) is 0 Å². The summed E-state index contributed by atoms with van der Waals surface area (Å²) in [5.41, 5.74) is 2.13. The molecular weight excluding hydrogens is 222 g/mol. The van der Waals surface area contributed by atoms with Crippen LogP contribution in [0.2, 0.25) is 0 Å². The van der Waals surface area contributed by atoms with Crippen LogP contribution in [0.25, 0.3) is 10.9 Å². The number of aliphatic carboxylic acids is 1. The first kappa shape index (κ1) is 11.1. The van der Waals surface area contributed by atoms with E-state index in [-0.39, 0.29) is 5.25 Å². The molecule has 0 bridgehead atoms. The monoisotopic (exact) mass is 235 g/mol. The van der Waals surface area contributed by atoms with Crippen LogP contribution in [-0.2, 0) is 11.2 Å². The largest absolute Gasteiger partial charge is 0.480 e. The number of aromatic nitrogens is 1. The van der Waals surface area contributed by atoms with Gasteiger partial charge in [-0.25, -0.2) is 0 Å². The number of hydrogen-bond donors (Lipinski definition) is 2. The maximum Gasteiger partial charge on any atom is 0.316 e. The minimum absolute atomic E-state index is 0.376. The van der Waals surface area contributed by atoms with E-state index in [0.717, 1.165) is 16.5 Å². The number of thioether (sulfide) groups is 1. The number of aromatic amines is 1. The lowest BCUT2D eigenvalue weighted by Gasteiger charge is -2.07. The van der Waals surface area contributed by atoms with E-state index in [1.54, 1.807) is 0 Å². The van der Waals surface area contributed by atoms with Crippen molar-refractivity contribution in [1.82, 2.24) is 4.98 Å². The van der Waals surface area contributed by atoms with Crippen LogP contribution in [0.3, 0.4) is 0 Å². The Morgan fingerprint density at radius 2 is 2.25 bits per heavy atom. The van der Waals surface area contributed by atoms with Crippen molar-refractivity contribution in [2.75, 3.05) is 6.26 Å². The molecule has 1 aromatic carbocycles. The van der Waals surface area contributed by atoms with E-state index in [2.05, 4.69) is 4.98 Å². The second kappa shape index (κ2) is 4.61. The first-order valence-corrected chi connectivity index (χ1v) is 6.31. The van der Waals surface area contributed by atoms with Crippen LogP contribution in [-0.4, -0.2) is 27.6 Å². The molecule has 0 fully saturated rings. The Kier molecular flexibility index (Phi) is 3.19. The highest BCUT2D eigenvalue weighted by Crippen LogP contribution is 2.22. The van der Waals surface area contributed by atoms with Gasteiger partial charge in [0.1, 0.15) is 5.25 Å². The van der Waals surface area contributed by atoms with Crippen LogP contribution < -0.4 is 0 Å². The molecule has 0 aliphatic carbocycles. The lowest BCUT2D eigenvalue weighted by atomic mass is 10.1. The molecule has 0 saturated carbocycles. The molecule has 1 heterocycles. The van der Waals surface area contributed by atoms with E-state index in [4.69, 9.17) is 5.11 Å². The van der Waals surface area contributed by atoms with Crippen molar-refractivity contribution < 1.29 is 9.90 Å². The summed E-state index contributed by atoms with van der Waals surface area (Å²) in [4.78, 5) is 14.1. The first-order valence-electron chi connectivity index (χ1n) is 5.03. The van der Waals surface area contributed by atoms with Crippen LogP contribution in [0.15, 0.2) is 30.5 Å². The molecule has 0 spiro atoms. The summed E-state index contributed by atoms with van der Waals surface area (Å²) < 4.78 is 0. The fourth-order valence-corrected chi connectivity index (χ4v) is 2.32. The van der Waals surface area contributed by atoms with Crippen LogP contribution >= 0.6 is 11.8 Å². The zero-order chi connectivity index (χ0) is 11.5. The van der Waals surface area contributed by atoms with Gasteiger partial charge in [-0.15, -0.1) is 11.8 Å². The van der Waals surface area contributed by atoms with Crippen LogP contribution in [0.4, 0.5) is 0 Å². The highest BCUT2D eigenvalue weighted by atomic mass is 32.2. The van der Waals surface area contributed by atoms with Gasteiger partial charge in [-0.3, -0.25) is 4.79 Å². The number of carboxylic acid groups (broad SMARTS) is 1. The second-order valence-corrected chi connectivity index (χ2v) is 4.67. The van der Waals surface area contributed by atoms with E-state index < -0.39 is 5.97 Å². The van der Waals surface area contributed by atoms with Gasteiger partial charge in [0.05, 0.1) is 0 Å². The highest BCUT2D eigenvalue weighted by molar-refractivity contribution is 7.99.